The molecule has 1 atom stereocenters. The molecule has 0 aromatic heterocycles. The van der Waals surface area contributed by atoms with E-state index in [1.807, 2.05) is 83.5 Å². The van der Waals surface area contributed by atoms with E-state index in [0.29, 0.717) is 11.5 Å². The Morgan fingerprint density at radius 1 is 0.706 bits per heavy atom. The molecule has 0 fully saturated rings. The molecule has 0 aliphatic carbocycles. The molecule has 0 unspecified atom stereocenters. The van der Waals surface area contributed by atoms with Crippen LogP contribution in [0.4, 0.5) is 5.69 Å². The van der Waals surface area contributed by atoms with Gasteiger partial charge in [-0.25, -0.2) is 4.57 Å². The van der Waals surface area contributed by atoms with Crippen LogP contribution < -0.4 is 13.7 Å². The van der Waals surface area contributed by atoms with Crippen LogP contribution in [0.1, 0.15) is 12.5 Å². The van der Waals surface area contributed by atoms with E-state index < -0.39 is 7.75 Å². The average molecular weight is 463 g/mol. The Bertz CT molecular complexity index is 1570. The molecule has 5 heteroatoms. The van der Waals surface area contributed by atoms with Crippen LogP contribution in [-0.4, -0.2) is 6.04 Å². The highest BCUT2D eigenvalue weighted by Crippen LogP contribution is 2.63. The van der Waals surface area contributed by atoms with Crippen molar-refractivity contribution in [2.45, 2.75) is 19.4 Å². The largest absolute Gasteiger partial charge is 0.544 e. The second-order valence-electron chi connectivity index (χ2n) is 9.00. The lowest BCUT2D eigenvalue weighted by Crippen LogP contribution is -2.30. The van der Waals surface area contributed by atoms with E-state index in [4.69, 9.17) is 9.05 Å². The van der Waals surface area contributed by atoms with Crippen LogP contribution >= 0.6 is 7.75 Å². The maximum atomic E-state index is 14.9. The minimum absolute atomic E-state index is 0.0295. The third kappa shape index (κ3) is 2.76. The first-order chi connectivity index (χ1) is 16.6. The van der Waals surface area contributed by atoms with E-state index in [0.717, 1.165) is 50.3 Å². The van der Waals surface area contributed by atoms with Gasteiger partial charge in [-0.3, -0.25) is 4.67 Å². The van der Waals surface area contributed by atoms with Crippen molar-refractivity contribution in [3.05, 3.63) is 103 Å². The van der Waals surface area contributed by atoms with E-state index >= 15 is 0 Å². The first-order valence-corrected chi connectivity index (χ1v) is 13.0. The summed E-state index contributed by atoms with van der Waals surface area (Å²) in [6, 6.07) is 32.4. The van der Waals surface area contributed by atoms with Gasteiger partial charge < -0.3 is 9.05 Å². The monoisotopic (exact) mass is 463 g/mol. The summed E-state index contributed by atoms with van der Waals surface area (Å²) < 4.78 is 29.9. The van der Waals surface area contributed by atoms with E-state index in [2.05, 4.69) is 25.1 Å². The highest BCUT2D eigenvalue weighted by Gasteiger charge is 2.47. The molecule has 0 saturated carbocycles. The van der Waals surface area contributed by atoms with Gasteiger partial charge in [0.1, 0.15) is 11.5 Å². The molecule has 0 radical (unpaired) electrons. The number of anilines is 1. The Labute approximate surface area is 197 Å². The van der Waals surface area contributed by atoms with Gasteiger partial charge in [-0.05, 0) is 47.9 Å². The van der Waals surface area contributed by atoms with Gasteiger partial charge in [-0.1, -0.05) is 78.9 Å². The molecule has 0 spiro atoms. The van der Waals surface area contributed by atoms with Gasteiger partial charge in [0.15, 0.2) is 0 Å². The maximum absolute atomic E-state index is 14.9. The Morgan fingerprint density at radius 3 is 1.85 bits per heavy atom. The van der Waals surface area contributed by atoms with Crippen LogP contribution in [0.15, 0.2) is 97.1 Å². The molecular weight excluding hydrogens is 441 g/mol. The molecule has 5 aromatic rings. The number of fused-ring (bicyclic) bond motifs is 8. The number of rotatable bonds is 1. The van der Waals surface area contributed by atoms with Crippen molar-refractivity contribution in [3.63, 3.8) is 0 Å². The molecular formula is C29H22NO3P. The number of hydrogen-bond acceptors (Lipinski definition) is 3. The Morgan fingerprint density at radius 2 is 1.24 bits per heavy atom. The SMILES string of the molecule is C[C@@H]1Cc2ccccc2N1P1(=O)Oc2c(ccc3ccccc23)-c2ccc3ccccc3c2O1. The van der Waals surface area contributed by atoms with Gasteiger partial charge in [-0.2, -0.15) is 0 Å². The molecule has 166 valence electrons. The number of nitrogens with zero attached hydrogens (tertiary/aromatic N) is 1. The third-order valence-corrected chi connectivity index (χ3v) is 8.86. The van der Waals surface area contributed by atoms with Gasteiger partial charge in [-0.15, -0.1) is 0 Å². The molecule has 2 heterocycles. The molecule has 2 aliphatic rings. The molecule has 7 rings (SSSR count). The van der Waals surface area contributed by atoms with Crippen LogP contribution in [0.2, 0.25) is 0 Å². The number of hydrogen-bond donors (Lipinski definition) is 0. The minimum atomic E-state index is -3.83. The fourth-order valence-corrected chi connectivity index (χ4v) is 7.46. The lowest BCUT2D eigenvalue weighted by atomic mass is 9.96. The maximum Gasteiger partial charge on any atom is 0.544 e. The highest BCUT2D eigenvalue weighted by atomic mass is 31.2. The average Bonchev–Trinajstić information content (AvgIpc) is 3.14. The lowest BCUT2D eigenvalue weighted by Gasteiger charge is -2.31. The van der Waals surface area contributed by atoms with Crippen molar-refractivity contribution < 1.29 is 13.6 Å². The molecule has 4 nitrogen and oxygen atoms in total. The normalized spacial score (nSPS) is 17.9. The van der Waals surface area contributed by atoms with Crippen molar-refractivity contribution in [2.75, 3.05) is 4.67 Å². The van der Waals surface area contributed by atoms with Crippen molar-refractivity contribution >= 4 is 35.0 Å². The van der Waals surface area contributed by atoms with Gasteiger partial charge in [0.05, 0.1) is 5.69 Å². The fraction of sp³-hybridized carbons (Fsp3) is 0.103. The van der Waals surface area contributed by atoms with Crippen LogP contribution in [0, 0.1) is 0 Å². The number of benzene rings is 5. The standard InChI is InChI=1S/C29H22NO3P/c1-19-18-22-10-4-7-13-27(22)30(19)34(31)32-28-23-11-5-2-8-20(23)14-16-25(28)26-17-15-21-9-3-6-12-24(21)29(26)33-34/h2-17,19H,18H2,1H3/t19-/m1/s1. The zero-order chi connectivity index (χ0) is 22.9. The van der Waals surface area contributed by atoms with Gasteiger partial charge in [0, 0.05) is 27.9 Å². The summed E-state index contributed by atoms with van der Waals surface area (Å²) in [6.45, 7) is 2.07. The number of para-hydroxylation sites is 1. The molecule has 0 amide bonds. The van der Waals surface area contributed by atoms with E-state index in [1.165, 1.54) is 0 Å². The Balaban J connectivity index is 1.56. The lowest BCUT2D eigenvalue weighted by molar-refractivity contribution is 0.386. The smallest absolute Gasteiger partial charge is 0.399 e. The van der Waals surface area contributed by atoms with Crippen LogP contribution in [0.3, 0.4) is 0 Å². The summed E-state index contributed by atoms with van der Waals surface area (Å²) in [5.41, 5.74) is 3.83. The van der Waals surface area contributed by atoms with E-state index in [9.17, 15) is 4.57 Å². The van der Waals surface area contributed by atoms with Crippen LogP contribution in [-0.2, 0) is 11.0 Å². The summed E-state index contributed by atoms with van der Waals surface area (Å²) in [5.74, 6) is 1.21. The zero-order valence-electron chi connectivity index (χ0n) is 18.6. The van der Waals surface area contributed by atoms with Gasteiger partial charge >= 0.3 is 7.75 Å². The molecule has 2 aliphatic heterocycles. The third-order valence-electron chi connectivity index (χ3n) is 6.90. The second-order valence-corrected chi connectivity index (χ2v) is 10.7. The molecule has 5 aromatic carbocycles. The first kappa shape index (κ1) is 19.7. The molecule has 0 N–H and O–H groups in total. The minimum Gasteiger partial charge on any atom is -0.399 e. The summed E-state index contributed by atoms with van der Waals surface area (Å²) in [5, 5.41) is 3.91. The predicted octanol–water partition coefficient (Wildman–Crippen LogP) is 7.99. The summed E-state index contributed by atoms with van der Waals surface area (Å²) >= 11 is 0. The zero-order valence-corrected chi connectivity index (χ0v) is 19.5. The Kier molecular flexibility index (Phi) is 4.13. The summed E-state index contributed by atoms with van der Waals surface area (Å²) in [4.78, 5) is 0. The van der Waals surface area contributed by atoms with E-state index in [-0.39, 0.29) is 6.04 Å². The first-order valence-electron chi connectivity index (χ1n) is 11.5. The van der Waals surface area contributed by atoms with Crippen molar-refractivity contribution in [1.29, 1.82) is 0 Å². The van der Waals surface area contributed by atoms with Gasteiger partial charge in [0.25, 0.3) is 0 Å². The molecule has 0 saturated heterocycles. The Hall–Kier alpha value is -3.75. The summed E-state index contributed by atoms with van der Waals surface area (Å²) in [6.07, 6.45) is 0.789. The van der Waals surface area contributed by atoms with Gasteiger partial charge in [0.2, 0.25) is 0 Å². The highest BCUT2D eigenvalue weighted by molar-refractivity contribution is 7.56. The second kappa shape index (κ2) is 7.12. The quantitative estimate of drug-likeness (QED) is 0.236. The van der Waals surface area contributed by atoms with Crippen molar-refractivity contribution in [1.82, 2.24) is 0 Å². The molecule has 34 heavy (non-hydrogen) atoms. The predicted molar refractivity (Wildman–Crippen MR) is 138 cm³/mol. The van der Waals surface area contributed by atoms with E-state index in [1.54, 1.807) is 0 Å². The molecule has 0 bridgehead atoms. The van der Waals surface area contributed by atoms with Crippen molar-refractivity contribution in [3.8, 4) is 22.6 Å². The summed E-state index contributed by atoms with van der Waals surface area (Å²) in [7, 11) is -3.83. The topological polar surface area (TPSA) is 38.8 Å². The van der Waals surface area contributed by atoms with Crippen molar-refractivity contribution in [2.24, 2.45) is 0 Å². The fourth-order valence-electron chi connectivity index (χ4n) is 5.37. The van der Waals surface area contributed by atoms with Crippen LogP contribution in [0.25, 0.3) is 32.7 Å². The van der Waals surface area contributed by atoms with Crippen LogP contribution in [0.5, 0.6) is 11.5 Å².